The number of anilines is 1. The molecule has 9 nitrogen and oxygen atoms in total. The third-order valence-electron chi connectivity index (χ3n) is 5.60. The molecule has 0 aliphatic carbocycles. The highest BCUT2D eigenvalue weighted by atomic mass is 32.2. The van der Waals surface area contributed by atoms with E-state index in [1.165, 1.54) is 13.0 Å². The van der Waals surface area contributed by atoms with Gasteiger partial charge in [-0.05, 0) is 43.5 Å². The fraction of sp³-hybridized carbons (Fsp3) is 0.364. The minimum absolute atomic E-state index is 0.0787. The van der Waals surface area contributed by atoms with Crippen LogP contribution in [0.15, 0.2) is 30.3 Å². The third-order valence-corrected chi connectivity index (χ3v) is 6.83. The van der Waals surface area contributed by atoms with Crippen molar-refractivity contribution in [2.75, 3.05) is 18.0 Å². The van der Waals surface area contributed by atoms with Crippen LogP contribution in [-0.4, -0.2) is 43.5 Å². The molecule has 1 aliphatic heterocycles. The van der Waals surface area contributed by atoms with Crippen molar-refractivity contribution in [3.63, 3.8) is 0 Å². The van der Waals surface area contributed by atoms with Crippen molar-refractivity contribution >= 4 is 27.7 Å². The summed E-state index contributed by atoms with van der Waals surface area (Å²) in [4.78, 5) is 29.8. The molecule has 1 saturated heterocycles. The molecular formula is C22H21F3N4O5S. The number of aromatic nitrogens is 1. The molecule has 2 heterocycles. The van der Waals surface area contributed by atoms with Gasteiger partial charge in [0.2, 0.25) is 15.9 Å². The van der Waals surface area contributed by atoms with Crippen molar-refractivity contribution in [2.45, 2.75) is 31.7 Å². The van der Waals surface area contributed by atoms with E-state index >= 15 is 0 Å². The first-order valence-corrected chi connectivity index (χ1v) is 12.1. The molecular weight excluding hydrogens is 489 g/mol. The van der Waals surface area contributed by atoms with Gasteiger partial charge in [-0.3, -0.25) is 9.52 Å². The molecule has 13 heteroatoms. The van der Waals surface area contributed by atoms with E-state index in [9.17, 15) is 41.5 Å². The number of carboxylic acids is 1. The lowest BCUT2D eigenvalue weighted by Crippen LogP contribution is -2.43. The number of nitriles is 1. The Morgan fingerprint density at radius 3 is 2.34 bits per heavy atom. The van der Waals surface area contributed by atoms with Crippen LogP contribution in [0.4, 0.5) is 19.0 Å². The molecule has 1 fully saturated rings. The van der Waals surface area contributed by atoms with Gasteiger partial charge in [-0.25, -0.2) is 18.2 Å². The Morgan fingerprint density at radius 2 is 1.83 bits per heavy atom. The summed E-state index contributed by atoms with van der Waals surface area (Å²) >= 11 is 0. The van der Waals surface area contributed by atoms with Gasteiger partial charge in [0.1, 0.15) is 11.9 Å². The molecule has 1 aromatic carbocycles. The van der Waals surface area contributed by atoms with E-state index in [2.05, 4.69) is 4.98 Å². The quantitative estimate of drug-likeness (QED) is 0.605. The Bertz CT molecular complexity index is 1280. The number of rotatable bonds is 6. The molecule has 2 N–H and O–H groups in total. The fourth-order valence-electron chi connectivity index (χ4n) is 3.77. The van der Waals surface area contributed by atoms with E-state index in [0.717, 1.165) is 24.3 Å². The van der Waals surface area contributed by atoms with E-state index in [-0.39, 0.29) is 48.3 Å². The fourth-order valence-corrected chi connectivity index (χ4v) is 4.94. The summed E-state index contributed by atoms with van der Waals surface area (Å²) in [5.74, 6) is -2.92. The molecule has 186 valence electrons. The highest BCUT2D eigenvalue weighted by molar-refractivity contribution is 7.89. The van der Waals surface area contributed by atoms with Crippen molar-refractivity contribution in [1.29, 1.82) is 5.26 Å². The number of carbonyl (C=O) groups excluding carboxylic acids is 1. The summed E-state index contributed by atoms with van der Waals surface area (Å²) in [7, 11) is -4.13. The summed E-state index contributed by atoms with van der Waals surface area (Å²) in [5.41, 5.74) is -0.576. The zero-order chi connectivity index (χ0) is 26.0. The predicted octanol–water partition coefficient (Wildman–Crippen LogP) is 2.84. The molecule has 0 bridgehead atoms. The smallest absolute Gasteiger partial charge is 0.416 e. The van der Waals surface area contributed by atoms with E-state index in [4.69, 9.17) is 0 Å². The Balaban J connectivity index is 1.62. The first-order valence-electron chi connectivity index (χ1n) is 10.4. The lowest BCUT2D eigenvalue weighted by molar-refractivity contribution is -0.137. The second-order valence-electron chi connectivity index (χ2n) is 8.09. The third kappa shape index (κ3) is 6.27. The van der Waals surface area contributed by atoms with Crippen molar-refractivity contribution < 1.29 is 36.3 Å². The van der Waals surface area contributed by atoms with E-state index in [1.54, 1.807) is 4.90 Å². The number of amides is 1. The molecule has 0 atom stereocenters. The van der Waals surface area contributed by atoms with Crippen molar-refractivity contribution in [2.24, 2.45) is 5.92 Å². The number of halogens is 3. The van der Waals surface area contributed by atoms with Crippen molar-refractivity contribution in [3.05, 3.63) is 58.3 Å². The number of pyridine rings is 1. The van der Waals surface area contributed by atoms with Gasteiger partial charge in [0.15, 0.2) is 0 Å². The highest BCUT2D eigenvalue weighted by Crippen LogP contribution is 2.29. The predicted molar refractivity (Wildman–Crippen MR) is 118 cm³/mol. The van der Waals surface area contributed by atoms with Gasteiger partial charge in [0.05, 0.1) is 28.1 Å². The number of alkyl halides is 3. The molecule has 1 aliphatic rings. The molecule has 1 aromatic heterocycles. The van der Waals surface area contributed by atoms with Crippen LogP contribution in [0, 0.1) is 24.2 Å². The number of piperidine rings is 1. The van der Waals surface area contributed by atoms with E-state index in [1.807, 2.05) is 10.8 Å². The second kappa shape index (κ2) is 9.91. The molecule has 2 aromatic rings. The largest absolute Gasteiger partial charge is 0.478 e. The topological polar surface area (TPSA) is 140 Å². The molecule has 0 spiro atoms. The van der Waals surface area contributed by atoms with Crippen LogP contribution in [0.5, 0.6) is 0 Å². The van der Waals surface area contributed by atoms with Crippen LogP contribution in [0.3, 0.4) is 0 Å². The Hall–Kier alpha value is -3.66. The highest BCUT2D eigenvalue weighted by Gasteiger charge is 2.31. The van der Waals surface area contributed by atoms with Gasteiger partial charge in [-0.15, -0.1) is 0 Å². The number of nitrogens with one attached hydrogen (secondary N) is 1. The zero-order valence-corrected chi connectivity index (χ0v) is 19.3. The van der Waals surface area contributed by atoms with Crippen LogP contribution in [0.1, 0.15) is 45.6 Å². The Labute approximate surface area is 199 Å². The van der Waals surface area contributed by atoms with E-state index in [0.29, 0.717) is 5.82 Å². The number of nitrogens with zero attached hydrogens (tertiary/aromatic N) is 3. The first-order chi connectivity index (χ1) is 16.3. The lowest BCUT2D eigenvalue weighted by Gasteiger charge is -2.32. The maximum absolute atomic E-state index is 12.7. The molecule has 0 radical (unpaired) electrons. The van der Waals surface area contributed by atoms with Crippen LogP contribution < -0.4 is 9.62 Å². The van der Waals surface area contributed by atoms with Crippen molar-refractivity contribution in [3.8, 4) is 6.07 Å². The number of hydrogen-bond acceptors (Lipinski definition) is 7. The van der Waals surface area contributed by atoms with Gasteiger partial charge in [0, 0.05) is 19.0 Å². The number of carboxylic acid groups (broad SMARTS) is 1. The standard InChI is InChI=1S/C22H21F3N4O5S/c1-13-18(21(31)32)10-16(11-26)19(27-13)29-8-6-15(7-9-29)20(30)28-35(33,34)12-14-2-4-17(5-3-14)22(23,24)25/h2-5,10,15H,6-9,12H2,1H3,(H,28,30)(H,31,32). The Morgan fingerprint density at radius 1 is 1.23 bits per heavy atom. The van der Waals surface area contributed by atoms with E-state index < -0.39 is 45.3 Å². The van der Waals surface area contributed by atoms with Gasteiger partial charge >= 0.3 is 12.1 Å². The summed E-state index contributed by atoms with van der Waals surface area (Å²) < 4.78 is 64.7. The van der Waals surface area contributed by atoms with Crippen LogP contribution in [0.2, 0.25) is 0 Å². The van der Waals surface area contributed by atoms with Crippen LogP contribution >= 0.6 is 0 Å². The normalized spacial score (nSPS) is 14.9. The molecule has 0 saturated carbocycles. The minimum Gasteiger partial charge on any atom is -0.478 e. The summed E-state index contributed by atoms with van der Waals surface area (Å²) in [6.07, 6.45) is -4.02. The zero-order valence-electron chi connectivity index (χ0n) is 18.5. The van der Waals surface area contributed by atoms with Gasteiger partial charge in [0.25, 0.3) is 0 Å². The monoisotopic (exact) mass is 510 g/mol. The number of aromatic carboxylic acids is 1. The SMILES string of the molecule is Cc1nc(N2CCC(C(=O)NS(=O)(=O)Cc3ccc(C(F)(F)F)cc3)CC2)c(C#N)cc1C(=O)O. The number of benzene rings is 1. The van der Waals surface area contributed by atoms with Crippen molar-refractivity contribution in [1.82, 2.24) is 9.71 Å². The summed E-state index contributed by atoms with van der Waals surface area (Å²) in [5, 5.41) is 18.6. The number of carbonyl (C=O) groups is 2. The molecule has 0 unspecified atom stereocenters. The number of hydrogen-bond donors (Lipinski definition) is 2. The van der Waals surface area contributed by atoms with Gasteiger partial charge in [-0.1, -0.05) is 12.1 Å². The lowest BCUT2D eigenvalue weighted by atomic mass is 9.96. The molecule has 1 amide bonds. The van der Waals surface area contributed by atoms with Gasteiger partial charge in [-0.2, -0.15) is 18.4 Å². The van der Waals surface area contributed by atoms with Gasteiger partial charge < -0.3 is 10.0 Å². The first kappa shape index (κ1) is 26.0. The van der Waals surface area contributed by atoms with Crippen LogP contribution in [0.25, 0.3) is 0 Å². The molecule has 35 heavy (non-hydrogen) atoms. The average Bonchev–Trinajstić information content (AvgIpc) is 2.78. The number of aryl methyl sites for hydroxylation is 1. The minimum atomic E-state index is -4.54. The maximum Gasteiger partial charge on any atom is 0.416 e. The number of sulfonamides is 1. The summed E-state index contributed by atoms with van der Waals surface area (Å²) in [6.45, 7) is 2.07. The summed E-state index contributed by atoms with van der Waals surface area (Å²) in [6, 6.07) is 6.81. The maximum atomic E-state index is 12.7. The van der Waals surface area contributed by atoms with Crippen LogP contribution in [-0.2, 0) is 26.7 Å². The second-order valence-corrected chi connectivity index (χ2v) is 9.81. The molecule has 3 rings (SSSR count). The Kier molecular flexibility index (Phi) is 7.35. The average molecular weight is 510 g/mol.